The summed E-state index contributed by atoms with van der Waals surface area (Å²) in [6.07, 6.45) is 3.23. The van der Waals surface area contributed by atoms with Crippen molar-refractivity contribution < 1.29 is 13.7 Å². The Labute approximate surface area is 135 Å². The SMILES string of the molecule is CC1(C)OB(C(=Cc2cnc(F)c(Cl)c2)CS)OC1(C)C. The number of rotatable bonds is 3. The van der Waals surface area contributed by atoms with Gasteiger partial charge in [-0.05, 0) is 44.8 Å². The molecule has 7 heteroatoms. The standard InChI is InChI=1S/C14H18BClFNO2S/c1-13(2)14(3,4)20-15(19-13)10(8-21)5-9-6-11(16)12(17)18-7-9/h5-7,21H,8H2,1-4H3. The monoisotopic (exact) mass is 329 g/mol. The van der Waals surface area contributed by atoms with E-state index in [0.29, 0.717) is 11.3 Å². The molecule has 1 aliphatic heterocycles. The molecule has 1 aromatic rings. The van der Waals surface area contributed by atoms with Crippen LogP contribution in [-0.4, -0.2) is 29.1 Å². The highest BCUT2D eigenvalue weighted by atomic mass is 35.5. The molecular weight excluding hydrogens is 311 g/mol. The molecule has 0 aromatic carbocycles. The molecule has 0 amide bonds. The molecule has 114 valence electrons. The first-order valence-corrected chi connectivity index (χ1v) is 7.65. The highest BCUT2D eigenvalue weighted by molar-refractivity contribution is 7.80. The van der Waals surface area contributed by atoms with E-state index >= 15 is 0 Å². The van der Waals surface area contributed by atoms with Crippen molar-refractivity contribution in [1.82, 2.24) is 4.98 Å². The number of thiol groups is 1. The maximum Gasteiger partial charge on any atom is 0.491 e. The zero-order chi connectivity index (χ0) is 15.8. The number of nitrogens with zero attached hydrogens (tertiary/aromatic N) is 1. The molecule has 1 saturated heterocycles. The van der Waals surface area contributed by atoms with Crippen LogP contribution in [0, 0.1) is 5.95 Å². The summed E-state index contributed by atoms with van der Waals surface area (Å²) in [5.74, 6) is -0.233. The molecule has 0 spiro atoms. The van der Waals surface area contributed by atoms with Crippen LogP contribution < -0.4 is 0 Å². The second kappa shape index (κ2) is 5.91. The molecule has 21 heavy (non-hydrogen) atoms. The van der Waals surface area contributed by atoms with Crippen molar-refractivity contribution in [2.75, 3.05) is 5.75 Å². The molecule has 0 atom stereocenters. The Morgan fingerprint density at radius 2 is 1.95 bits per heavy atom. The van der Waals surface area contributed by atoms with Crippen LogP contribution in [0.5, 0.6) is 0 Å². The van der Waals surface area contributed by atoms with Gasteiger partial charge >= 0.3 is 7.12 Å². The van der Waals surface area contributed by atoms with Crippen LogP contribution in [0.1, 0.15) is 33.3 Å². The lowest BCUT2D eigenvalue weighted by Crippen LogP contribution is -2.41. The third-order valence-electron chi connectivity index (χ3n) is 3.91. The second-order valence-corrected chi connectivity index (χ2v) is 6.73. The Hall–Kier alpha value is -0.555. The summed E-state index contributed by atoms with van der Waals surface area (Å²) < 4.78 is 25.0. The van der Waals surface area contributed by atoms with Gasteiger partial charge in [-0.15, -0.1) is 0 Å². The van der Waals surface area contributed by atoms with Gasteiger partial charge in [0.2, 0.25) is 5.95 Å². The topological polar surface area (TPSA) is 31.4 Å². The summed E-state index contributed by atoms with van der Waals surface area (Å²) in [5.41, 5.74) is 0.679. The lowest BCUT2D eigenvalue weighted by molar-refractivity contribution is 0.00578. The normalized spacial score (nSPS) is 20.9. The smallest absolute Gasteiger partial charge is 0.400 e. The van der Waals surface area contributed by atoms with Crippen molar-refractivity contribution in [2.45, 2.75) is 38.9 Å². The van der Waals surface area contributed by atoms with Crippen molar-refractivity contribution in [1.29, 1.82) is 0 Å². The van der Waals surface area contributed by atoms with Gasteiger partial charge in [-0.25, -0.2) is 4.98 Å². The van der Waals surface area contributed by atoms with Crippen molar-refractivity contribution in [3.63, 3.8) is 0 Å². The average Bonchev–Trinajstić information content (AvgIpc) is 2.59. The molecule has 1 fully saturated rings. The average molecular weight is 330 g/mol. The van der Waals surface area contributed by atoms with E-state index in [1.165, 1.54) is 12.3 Å². The Balaban J connectivity index is 2.28. The minimum Gasteiger partial charge on any atom is -0.400 e. The van der Waals surface area contributed by atoms with Gasteiger partial charge in [0.1, 0.15) is 0 Å². The van der Waals surface area contributed by atoms with Crippen LogP contribution in [0.15, 0.2) is 17.7 Å². The van der Waals surface area contributed by atoms with Gasteiger partial charge in [0, 0.05) is 11.9 Å². The van der Waals surface area contributed by atoms with Gasteiger partial charge in [0.05, 0.1) is 16.2 Å². The molecule has 0 aliphatic carbocycles. The van der Waals surface area contributed by atoms with E-state index in [0.717, 1.165) is 5.47 Å². The van der Waals surface area contributed by atoms with E-state index in [1.54, 1.807) is 0 Å². The summed E-state index contributed by atoms with van der Waals surface area (Å²) >= 11 is 10.1. The molecule has 0 radical (unpaired) electrons. The third-order valence-corrected chi connectivity index (χ3v) is 4.54. The number of hydrogen-bond acceptors (Lipinski definition) is 4. The quantitative estimate of drug-likeness (QED) is 0.520. The first kappa shape index (κ1) is 16.8. The molecule has 2 rings (SSSR count). The van der Waals surface area contributed by atoms with Gasteiger partial charge in [-0.3, -0.25) is 0 Å². The Morgan fingerprint density at radius 1 is 1.38 bits per heavy atom. The predicted molar refractivity (Wildman–Crippen MR) is 87.1 cm³/mol. The van der Waals surface area contributed by atoms with E-state index in [1.807, 2.05) is 33.8 Å². The van der Waals surface area contributed by atoms with E-state index < -0.39 is 24.3 Å². The first-order valence-electron chi connectivity index (χ1n) is 6.64. The molecule has 0 unspecified atom stereocenters. The van der Waals surface area contributed by atoms with Gasteiger partial charge in [-0.1, -0.05) is 17.7 Å². The Bertz CT molecular complexity index is 564. The minimum absolute atomic E-state index is 0.0174. The molecule has 0 bridgehead atoms. The maximum absolute atomic E-state index is 13.1. The van der Waals surface area contributed by atoms with Crippen LogP contribution in [0.2, 0.25) is 5.02 Å². The third kappa shape index (κ3) is 3.45. The van der Waals surface area contributed by atoms with E-state index in [4.69, 9.17) is 20.9 Å². The highest BCUT2D eigenvalue weighted by Gasteiger charge is 2.52. The zero-order valence-electron chi connectivity index (χ0n) is 12.5. The number of pyridine rings is 1. The number of halogens is 2. The van der Waals surface area contributed by atoms with Gasteiger partial charge in [0.15, 0.2) is 0 Å². The fourth-order valence-corrected chi connectivity index (χ4v) is 2.33. The Kier molecular flexibility index (Phi) is 4.73. The van der Waals surface area contributed by atoms with Crippen LogP contribution in [0.25, 0.3) is 6.08 Å². The van der Waals surface area contributed by atoms with Crippen LogP contribution in [0.3, 0.4) is 0 Å². The molecule has 0 N–H and O–H groups in total. The molecule has 0 saturated carbocycles. The molecular formula is C14H18BClFNO2S. The van der Waals surface area contributed by atoms with E-state index in [2.05, 4.69) is 17.6 Å². The summed E-state index contributed by atoms with van der Waals surface area (Å²) in [5, 5.41) is -0.0174. The molecule has 1 aromatic heterocycles. The van der Waals surface area contributed by atoms with Crippen LogP contribution in [-0.2, 0) is 9.31 Å². The fraction of sp³-hybridized carbons (Fsp3) is 0.500. The molecule has 1 aliphatic rings. The molecule has 3 nitrogen and oxygen atoms in total. The van der Waals surface area contributed by atoms with Gasteiger partial charge in [-0.2, -0.15) is 17.0 Å². The van der Waals surface area contributed by atoms with Crippen molar-refractivity contribution >= 4 is 37.4 Å². The summed E-state index contributed by atoms with van der Waals surface area (Å²) in [4.78, 5) is 3.60. The van der Waals surface area contributed by atoms with Crippen LogP contribution in [0.4, 0.5) is 4.39 Å². The fourth-order valence-electron chi connectivity index (χ4n) is 1.91. The van der Waals surface area contributed by atoms with Crippen molar-refractivity contribution in [2.24, 2.45) is 0 Å². The minimum atomic E-state index is -0.683. The van der Waals surface area contributed by atoms with E-state index in [-0.39, 0.29) is 5.02 Å². The van der Waals surface area contributed by atoms with E-state index in [9.17, 15) is 4.39 Å². The molecule has 2 heterocycles. The summed E-state index contributed by atoms with van der Waals surface area (Å²) in [6.45, 7) is 7.94. The zero-order valence-corrected chi connectivity index (χ0v) is 14.1. The van der Waals surface area contributed by atoms with Crippen LogP contribution >= 0.6 is 24.2 Å². The van der Waals surface area contributed by atoms with Crippen molar-refractivity contribution in [3.8, 4) is 0 Å². The second-order valence-electron chi connectivity index (χ2n) is 6.01. The predicted octanol–water partition coefficient (Wildman–Crippen LogP) is 3.82. The lowest BCUT2D eigenvalue weighted by Gasteiger charge is -2.32. The highest BCUT2D eigenvalue weighted by Crippen LogP contribution is 2.39. The largest absolute Gasteiger partial charge is 0.491 e. The number of hydrogen-bond donors (Lipinski definition) is 1. The first-order chi connectivity index (χ1) is 9.66. The summed E-state index contributed by atoms with van der Waals surface area (Å²) in [7, 11) is -0.490. The van der Waals surface area contributed by atoms with Gasteiger partial charge < -0.3 is 9.31 Å². The van der Waals surface area contributed by atoms with Gasteiger partial charge in [0.25, 0.3) is 0 Å². The number of aromatic nitrogens is 1. The maximum atomic E-state index is 13.1. The van der Waals surface area contributed by atoms with Crippen molar-refractivity contribution in [3.05, 3.63) is 34.3 Å². The Morgan fingerprint density at radius 3 is 2.43 bits per heavy atom. The lowest BCUT2D eigenvalue weighted by atomic mass is 9.78. The summed E-state index contributed by atoms with van der Waals surface area (Å²) in [6, 6.07) is 1.51.